The second-order valence-electron chi connectivity index (χ2n) is 2.82. The zero-order chi connectivity index (χ0) is 8.53. The fraction of sp³-hybridized carbons (Fsp3) is 0.800. The molecule has 0 saturated heterocycles. The van der Waals surface area contributed by atoms with Crippen molar-refractivity contribution in [3.63, 3.8) is 0 Å². The maximum absolute atomic E-state index is 5.34. The number of nitrogens with one attached hydrogen (secondary N) is 1. The molecule has 1 atom stereocenters. The van der Waals surface area contributed by atoms with Gasteiger partial charge in [-0.25, -0.2) is 0 Å². The van der Waals surface area contributed by atoms with Crippen molar-refractivity contribution in [2.75, 3.05) is 6.54 Å². The third kappa shape index (κ3) is 5.94. The standard InChI is InChI=1S/C10H19N/c1-4-7-8-10(6-3)11-9-5-2/h3,10-11H,4-5,7-9H2,1-2H3. The molecule has 0 fully saturated rings. The minimum absolute atomic E-state index is 0.301. The molecule has 1 nitrogen and oxygen atoms in total. The van der Waals surface area contributed by atoms with Gasteiger partial charge in [0, 0.05) is 0 Å². The first-order valence-electron chi connectivity index (χ1n) is 4.54. The van der Waals surface area contributed by atoms with Gasteiger partial charge in [-0.05, 0) is 19.4 Å². The lowest BCUT2D eigenvalue weighted by atomic mass is 10.1. The van der Waals surface area contributed by atoms with Crippen LogP contribution < -0.4 is 5.32 Å². The Morgan fingerprint density at radius 3 is 2.55 bits per heavy atom. The lowest BCUT2D eigenvalue weighted by Gasteiger charge is -2.10. The van der Waals surface area contributed by atoms with Gasteiger partial charge >= 0.3 is 0 Å². The molecule has 64 valence electrons. The van der Waals surface area contributed by atoms with Crippen molar-refractivity contribution < 1.29 is 0 Å². The van der Waals surface area contributed by atoms with Gasteiger partial charge in [0.25, 0.3) is 0 Å². The van der Waals surface area contributed by atoms with Crippen molar-refractivity contribution in [3.8, 4) is 12.3 Å². The molecule has 0 radical (unpaired) electrons. The quantitative estimate of drug-likeness (QED) is 0.577. The van der Waals surface area contributed by atoms with Crippen LogP contribution in [0.15, 0.2) is 0 Å². The van der Waals surface area contributed by atoms with Crippen LogP contribution in [0.1, 0.15) is 39.5 Å². The Morgan fingerprint density at radius 2 is 2.09 bits per heavy atom. The Labute approximate surface area is 70.6 Å². The van der Waals surface area contributed by atoms with E-state index >= 15 is 0 Å². The fourth-order valence-corrected chi connectivity index (χ4v) is 0.971. The van der Waals surface area contributed by atoms with Gasteiger partial charge < -0.3 is 5.32 Å². The van der Waals surface area contributed by atoms with Gasteiger partial charge in [0.1, 0.15) is 0 Å². The molecule has 0 aliphatic heterocycles. The predicted molar refractivity (Wildman–Crippen MR) is 50.4 cm³/mol. The van der Waals surface area contributed by atoms with Crippen LogP contribution in [0.25, 0.3) is 0 Å². The monoisotopic (exact) mass is 153 g/mol. The minimum atomic E-state index is 0.301. The third-order valence-corrected chi connectivity index (χ3v) is 1.69. The zero-order valence-electron chi connectivity index (χ0n) is 7.69. The highest BCUT2D eigenvalue weighted by Gasteiger charge is 2.00. The summed E-state index contributed by atoms with van der Waals surface area (Å²) in [5.41, 5.74) is 0. The first kappa shape index (κ1) is 10.5. The van der Waals surface area contributed by atoms with Crippen molar-refractivity contribution in [3.05, 3.63) is 0 Å². The van der Waals surface area contributed by atoms with Gasteiger partial charge in [-0.1, -0.05) is 32.6 Å². The molecular formula is C10H19N. The Morgan fingerprint density at radius 1 is 1.36 bits per heavy atom. The molecule has 1 unspecified atom stereocenters. The van der Waals surface area contributed by atoms with Crippen LogP contribution in [-0.2, 0) is 0 Å². The average Bonchev–Trinajstić information content (AvgIpc) is 2.05. The molecular weight excluding hydrogens is 134 g/mol. The van der Waals surface area contributed by atoms with Gasteiger partial charge in [0.15, 0.2) is 0 Å². The second-order valence-corrected chi connectivity index (χ2v) is 2.82. The van der Waals surface area contributed by atoms with Crippen LogP contribution in [0, 0.1) is 12.3 Å². The number of unbranched alkanes of at least 4 members (excludes halogenated alkanes) is 1. The fourth-order valence-electron chi connectivity index (χ4n) is 0.971. The molecule has 0 saturated carbocycles. The van der Waals surface area contributed by atoms with E-state index in [4.69, 9.17) is 6.42 Å². The van der Waals surface area contributed by atoms with Crippen molar-refractivity contribution in [1.82, 2.24) is 5.32 Å². The van der Waals surface area contributed by atoms with Gasteiger partial charge in [0.05, 0.1) is 6.04 Å². The molecule has 0 rings (SSSR count). The van der Waals surface area contributed by atoms with Crippen molar-refractivity contribution >= 4 is 0 Å². The van der Waals surface area contributed by atoms with Gasteiger partial charge in [-0.15, -0.1) is 6.42 Å². The molecule has 0 spiro atoms. The van der Waals surface area contributed by atoms with Gasteiger partial charge in [-0.2, -0.15) is 0 Å². The zero-order valence-corrected chi connectivity index (χ0v) is 7.69. The Kier molecular flexibility index (Phi) is 7.29. The maximum atomic E-state index is 5.34. The highest BCUT2D eigenvalue weighted by Crippen LogP contribution is 1.98. The Bertz CT molecular complexity index is 105. The summed E-state index contributed by atoms with van der Waals surface area (Å²) in [5.74, 6) is 2.76. The third-order valence-electron chi connectivity index (χ3n) is 1.69. The van der Waals surface area contributed by atoms with Crippen LogP contribution in [0.5, 0.6) is 0 Å². The SMILES string of the molecule is C#CC(CCCC)NCCC. The first-order chi connectivity index (χ1) is 5.35. The van der Waals surface area contributed by atoms with Crippen LogP contribution in [0.4, 0.5) is 0 Å². The highest BCUT2D eigenvalue weighted by molar-refractivity contribution is 4.98. The van der Waals surface area contributed by atoms with E-state index in [1.54, 1.807) is 0 Å². The van der Waals surface area contributed by atoms with Crippen LogP contribution in [0.3, 0.4) is 0 Å². The summed E-state index contributed by atoms with van der Waals surface area (Å²) in [4.78, 5) is 0. The molecule has 0 aromatic heterocycles. The maximum Gasteiger partial charge on any atom is 0.0686 e. The first-order valence-corrected chi connectivity index (χ1v) is 4.54. The summed E-state index contributed by atoms with van der Waals surface area (Å²) in [6, 6.07) is 0.301. The van der Waals surface area contributed by atoms with E-state index in [-0.39, 0.29) is 0 Å². The second kappa shape index (κ2) is 7.63. The smallest absolute Gasteiger partial charge is 0.0686 e. The Hall–Kier alpha value is -0.480. The molecule has 0 aromatic rings. The molecule has 1 heteroatoms. The van der Waals surface area contributed by atoms with E-state index in [2.05, 4.69) is 25.1 Å². The summed E-state index contributed by atoms with van der Waals surface area (Å²) in [6.07, 6.45) is 10.1. The normalized spacial score (nSPS) is 12.5. The highest BCUT2D eigenvalue weighted by atomic mass is 14.9. The minimum Gasteiger partial charge on any atom is -0.304 e. The number of hydrogen-bond acceptors (Lipinski definition) is 1. The topological polar surface area (TPSA) is 12.0 Å². The molecule has 0 amide bonds. The van der Waals surface area contributed by atoms with Crippen LogP contribution in [-0.4, -0.2) is 12.6 Å². The predicted octanol–water partition coefficient (Wildman–Crippen LogP) is 2.18. The molecule has 0 aliphatic rings. The molecule has 0 aromatic carbocycles. The van der Waals surface area contributed by atoms with E-state index in [9.17, 15) is 0 Å². The van der Waals surface area contributed by atoms with E-state index in [1.165, 1.54) is 12.8 Å². The van der Waals surface area contributed by atoms with E-state index in [1.807, 2.05) is 0 Å². The van der Waals surface area contributed by atoms with E-state index in [0.717, 1.165) is 19.4 Å². The lowest BCUT2D eigenvalue weighted by molar-refractivity contribution is 0.544. The average molecular weight is 153 g/mol. The summed E-state index contributed by atoms with van der Waals surface area (Å²) in [7, 11) is 0. The Balaban J connectivity index is 3.35. The summed E-state index contributed by atoms with van der Waals surface area (Å²) in [5, 5.41) is 3.32. The van der Waals surface area contributed by atoms with Gasteiger partial charge in [0.2, 0.25) is 0 Å². The number of hydrogen-bond donors (Lipinski definition) is 1. The largest absolute Gasteiger partial charge is 0.304 e. The van der Waals surface area contributed by atoms with E-state index in [0.29, 0.717) is 6.04 Å². The molecule has 11 heavy (non-hydrogen) atoms. The van der Waals surface area contributed by atoms with E-state index < -0.39 is 0 Å². The van der Waals surface area contributed by atoms with Gasteiger partial charge in [-0.3, -0.25) is 0 Å². The van der Waals surface area contributed by atoms with Crippen LogP contribution >= 0.6 is 0 Å². The molecule has 0 heterocycles. The number of rotatable bonds is 6. The summed E-state index contributed by atoms with van der Waals surface area (Å²) >= 11 is 0. The molecule has 0 bridgehead atoms. The summed E-state index contributed by atoms with van der Waals surface area (Å²) in [6.45, 7) is 5.38. The van der Waals surface area contributed by atoms with Crippen molar-refractivity contribution in [2.45, 2.75) is 45.6 Å². The molecule has 1 N–H and O–H groups in total. The summed E-state index contributed by atoms with van der Waals surface area (Å²) < 4.78 is 0. The van der Waals surface area contributed by atoms with Crippen LogP contribution in [0.2, 0.25) is 0 Å². The lowest BCUT2D eigenvalue weighted by Crippen LogP contribution is -2.27. The molecule has 0 aliphatic carbocycles. The van der Waals surface area contributed by atoms with Crippen molar-refractivity contribution in [1.29, 1.82) is 0 Å². The number of terminal acetylenes is 1. The van der Waals surface area contributed by atoms with Crippen molar-refractivity contribution in [2.24, 2.45) is 0 Å².